The van der Waals surface area contributed by atoms with Crippen LogP contribution in [-0.2, 0) is 13.1 Å². The Labute approximate surface area is 186 Å². The van der Waals surface area contributed by atoms with Gasteiger partial charge < -0.3 is 9.05 Å². The minimum Gasteiger partial charge on any atom is -0.338 e. The smallest absolute Gasteiger partial charge is 0.241 e. The third kappa shape index (κ3) is 4.76. The molecule has 1 fully saturated rings. The van der Waals surface area contributed by atoms with E-state index in [1.807, 2.05) is 24.3 Å². The molecular weight excluding hydrogens is 404 g/mol. The first-order valence-electron chi connectivity index (χ1n) is 10.9. The Morgan fingerprint density at radius 2 is 1.25 bits per heavy atom. The number of piperazine rings is 1. The van der Waals surface area contributed by atoms with Crippen LogP contribution < -0.4 is 0 Å². The van der Waals surface area contributed by atoms with E-state index in [0.29, 0.717) is 36.5 Å². The Morgan fingerprint density at radius 3 is 1.81 bits per heavy atom. The Morgan fingerprint density at radius 1 is 0.688 bits per heavy atom. The van der Waals surface area contributed by atoms with Crippen molar-refractivity contribution in [3.05, 3.63) is 71.4 Å². The molecule has 0 aliphatic carbocycles. The minimum absolute atomic E-state index is 0.638. The zero-order chi connectivity index (χ0) is 21.9. The SMILES string of the molecule is Cc1ccc(-c2noc(CN3CCN(Cc4nc(-c5cccc(C)c5)no4)CC3)n2)cc1. The molecule has 0 spiro atoms. The molecule has 3 heterocycles. The van der Waals surface area contributed by atoms with Crippen LogP contribution in [0.5, 0.6) is 0 Å². The predicted molar refractivity (Wildman–Crippen MR) is 119 cm³/mol. The summed E-state index contributed by atoms with van der Waals surface area (Å²) in [5, 5.41) is 8.28. The summed E-state index contributed by atoms with van der Waals surface area (Å²) < 4.78 is 11.0. The predicted octanol–water partition coefficient (Wildman–Crippen LogP) is 3.72. The Bertz CT molecular complexity index is 1180. The molecule has 8 nitrogen and oxygen atoms in total. The largest absolute Gasteiger partial charge is 0.338 e. The highest BCUT2D eigenvalue weighted by Crippen LogP contribution is 2.19. The molecular formula is C24H26N6O2. The summed E-state index contributed by atoms with van der Waals surface area (Å²) in [5.74, 6) is 2.57. The highest BCUT2D eigenvalue weighted by Gasteiger charge is 2.21. The first kappa shape index (κ1) is 20.5. The molecule has 1 aliphatic heterocycles. The van der Waals surface area contributed by atoms with E-state index in [0.717, 1.165) is 37.3 Å². The van der Waals surface area contributed by atoms with Crippen LogP contribution >= 0.6 is 0 Å². The quantitative estimate of drug-likeness (QED) is 0.458. The zero-order valence-corrected chi connectivity index (χ0v) is 18.4. The van der Waals surface area contributed by atoms with Gasteiger partial charge in [0.2, 0.25) is 23.4 Å². The van der Waals surface area contributed by atoms with Crippen molar-refractivity contribution >= 4 is 0 Å². The third-order valence-corrected chi connectivity index (χ3v) is 5.70. The van der Waals surface area contributed by atoms with Crippen molar-refractivity contribution in [3.63, 3.8) is 0 Å². The maximum absolute atomic E-state index is 5.49. The molecule has 164 valence electrons. The standard InChI is InChI=1S/C24H26N6O2/c1-17-6-8-19(9-7-17)23-25-21(31-27-23)15-29-10-12-30(13-11-29)16-22-26-24(28-32-22)20-5-3-4-18(2)14-20/h3-9,14H,10-13,15-16H2,1-2H3. The van der Waals surface area contributed by atoms with Gasteiger partial charge in [0.1, 0.15) is 0 Å². The molecule has 0 saturated carbocycles. The van der Waals surface area contributed by atoms with E-state index in [4.69, 9.17) is 9.05 Å². The Kier molecular flexibility index (Phi) is 5.79. The van der Waals surface area contributed by atoms with Gasteiger partial charge in [0.05, 0.1) is 13.1 Å². The number of hydrogen-bond acceptors (Lipinski definition) is 8. The van der Waals surface area contributed by atoms with Crippen LogP contribution in [0.1, 0.15) is 22.9 Å². The van der Waals surface area contributed by atoms with E-state index in [1.54, 1.807) is 0 Å². The van der Waals surface area contributed by atoms with E-state index in [-0.39, 0.29) is 0 Å². The molecule has 0 bridgehead atoms. The van der Waals surface area contributed by atoms with E-state index in [9.17, 15) is 0 Å². The molecule has 4 aromatic rings. The van der Waals surface area contributed by atoms with Crippen LogP contribution in [0.25, 0.3) is 22.8 Å². The minimum atomic E-state index is 0.638. The molecule has 8 heteroatoms. The second kappa shape index (κ2) is 9.02. The molecule has 5 rings (SSSR count). The van der Waals surface area contributed by atoms with Gasteiger partial charge in [0, 0.05) is 37.3 Å². The number of aryl methyl sites for hydroxylation is 2. The van der Waals surface area contributed by atoms with Gasteiger partial charge in [-0.1, -0.05) is 63.9 Å². The molecule has 0 amide bonds. The summed E-state index contributed by atoms with van der Waals surface area (Å²) in [6, 6.07) is 16.3. The second-order valence-electron chi connectivity index (χ2n) is 8.31. The first-order chi connectivity index (χ1) is 15.6. The summed E-state index contributed by atoms with van der Waals surface area (Å²) in [4.78, 5) is 13.8. The number of rotatable bonds is 6. The lowest BCUT2D eigenvalue weighted by molar-refractivity contribution is 0.103. The van der Waals surface area contributed by atoms with Crippen molar-refractivity contribution < 1.29 is 9.05 Å². The van der Waals surface area contributed by atoms with Gasteiger partial charge in [-0.2, -0.15) is 9.97 Å². The average molecular weight is 431 g/mol. The van der Waals surface area contributed by atoms with Crippen molar-refractivity contribution in [2.45, 2.75) is 26.9 Å². The lowest BCUT2D eigenvalue weighted by atomic mass is 10.1. The summed E-state index contributed by atoms with van der Waals surface area (Å²) in [7, 11) is 0. The first-order valence-corrected chi connectivity index (χ1v) is 10.9. The van der Waals surface area contributed by atoms with E-state index in [2.05, 4.69) is 68.2 Å². The molecule has 0 atom stereocenters. The summed E-state index contributed by atoms with van der Waals surface area (Å²) in [6.45, 7) is 9.11. The average Bonchev–Trinajstić information content (AvgIpc) is 3.46. The topological polar surface area (TPSA) is 84.3 Å². The van der Waals surface area contributed by atoms with Gasteiger partial charge in [-0.25, -0.2) is 0 Å². The van der Waals surface area contributed by atoms with Gasteiger partial charge in [0.25, 0.3) is 0 Å². The van der Waals surface area contributed by atoms with Gasteiger partial charge in [-0.05, 0) is 19.9 Å². The summed E-state index contributed by atoms with van der Waals surface area (Å²) >= 11 is 0. The lowest BCUT2D eigenvalue weighted by Gasteiger charge is -2.32. The molecule has 2 aromatic heterocycles. The van der Waals surface area contributed by atoms with Crippen LogP contribution in [0.3, 0.4) is 0 Å². The number of aromatic nitrogens is 4. The summed E-state index contributed by atoms with van der Waals surface area (Å²) in [5.41, 5.74) is 4.34. The van der Waals surface area contributed by atoms with Crippen LogP contribution in [-0.4, -0.2) is 56.3 Å². The maximum Gasteiger partial charge on any atom is 0.241 e. The van der Waals surface area contributed by atoms with Gasteiger partial charge in [-0.3, -0.25) is 9.80 Å². The van der Waals surface area contributed by atoms with E-state index in [1.165, 1.54) is 11.1 Å². The maximum atomic E-state index is 5.49. The monoisotopic (exact) mass is 430 g/mol. The fourth-order valence-electron chi connectivity index (χ4n) is 3.85. The highest BCUT2D eigenvalue weighted by molar-refractivity contribution is 5.55. The van der Waals surface area contributed by atoms with Crippen molar-refractivity contribution in [1.82, 2.24) is 30.1 Å². The van der Waals surface area contributed by atoms with Gasteiger partial charge >= 0.3 is 0 Å². The summed E-state index contributed by atoms with van der Waals surface area (Å²) in [6.07, 6.45) is 0. The number of benzene rings is 2. The van der Waals surface area contributed by atoms with Crippen molar-refractivity contribution in [2.75, 3.05) is 26.2 Å². The molecule has 1 aliphatic rings. The van der Waals surface area contributed by atoms with Crippen LogP contribution in [0.4, 0.5) is 0 Å². The van der Waals surface area contributed by atoms with Gasteiger partial charge in [-0.15, -0.1) is 0 Å². The zero-order valence-electron chi connectivity index (χ0n) is 18.4. The van der Waals surface area contributed by atoms with Crippen molar-refractivity contribution in [1.29, 1.82) is 0 Å². The van der Waals surface area contributed by atoms with Crippen molar-refractivity contribution in [2.24, 2.45) is 0 Å². The van der Waals surface area contributed by atoms with E-state index < -0.39 is 0 Å². The fraction of sp³-hybridized carbons (Fsp3) is 0.333. The Hall–Kier alpha value is -3.36. The van der Waals surface area contributed by atoms with Crippen LogP contribution in [0, 0.1) is 13.8 Å². The van der Waals surface area contributed by atoms with Crippen LogP contribution in [0.15, 0.2) is 57.6 Å². The molecule has 0 radical (unpaired) electrons. The van der Waals surface area contributed by atoms with Crippen molar-refractivity contribution in [3.8, 4) is 22.8 Å². The molecule has 0 N–H and O–H groups in total. The highest BCUT2D eigenvalue weighted by atomic mass is 16.5. The molecule has 32 heavy (non-hydrogen) atoms. The second-order valence-corrected chi connectivity index (χ2v) is 8.31. The molecule has 1 saturated heterocycles. The lowest BCUT2D eigenvalue weighted by Crippen LogP contribution is -2.45. The van der Waals surface area contributed by atoms with E-state index >= 15 is 0 Å². The van der Waals surface area contributed by atoms with Crippen LogP contribution in [0.2, 0.25) is 0 Å². The van der Waals surface area contributed by atoms with Gasteiger partial charge in [0.15, 0.2) is 0 Å². The molecule has 2 aromatic carbocycles. The Balaban J connectivity index is 1.13. The third-order valence-electron chi connectivity index (χ3n) is 5.70. The number of hydrogen-bond donors (Lipinski definition) is 0. The normalized spacial score (nSPS) is 15.3. The fourth-order valence-corrected chi connectivity index (χ4v) is 3.85. The molecule has 0 unspecified atom stereocenters. The number of nitrogens with zero attached hydrogens (tertiary/aromatic N) is 6.